The standard InChI is InChI=1S/C20H22F3N3O/c21-20(22,23)18-11-17(15-3-1-2-4-16(15)26-18)24-13-7-9-14(10-8-13)25-19(27)12-5-6-12/h1-4,11-14H,5-10H2,(H,24,26)(H,25,27). The molecule has 0 spiro atoms. The molecule has 27 heavy (non-hydrogen) atoms. The van der Waals surface area contributed by atoms with Crippen LogP contribution in [0.25, 0.3) is 10.9 Å². The number of nitrogens with one attached hydrogen (secondary N) is 2. The molecule has 4 rings (SSSR count). The second-order valence-corrected chi connectivity index (χ2v) is 7.55. The van der Waals surface area contributed by atoms with Crippen LogP contribution >= 0.6 is 0 Å². The summed E-state index contributed by atoms with van der Waals surface area (Å²) in [6.07, 6.45) is 0.793. The fourth-order valence-corrected chi connectivity index (χ4v) is 3.71. The third kappa shape index (κ3) is 4.17. The van der Waals surface area contributed by atoms with Crippen molar-refractivity contribution in [1.82, 2.24) is 10.3 Å². The molecule has 144 valence electrons. The van der Waals surface area contributed by atoms with E-state index in [0.29, 0.717) is 16.6 Å². The first-order chi connectivity index (χ1) is 12.9. The van der Waals surface area contributed by atoms with Crippen molar-refractivity contribution < 1.29 is 18.0 Å². The Kier molecular flexibility index (Phi) is 4.70. The first kappa shape index (κ1) is 18.1. The molecule has 0 unspecified atom stereocenters. The Labute approximate surface area is 155 Å². The van der Waals surface area contributed by atoms with Gasteiger partial charge >= 0.3 is 6.18 Å². The number of alkyl halides is 3. The molecular weight excluding hydrogens is 355 g/mol. The van der Waals surface area contributed by atoms with E-state index in [1.807, 2.05) is 0 Å². The van der Waals surface area contributed by atoms with Crippen LogP contribution in [0.5, 0.6) is 0 Å². The molecule has 4 nitrogen and oxygen atoms in total. The molecule has 2 fully saturated rings. The zero-order chi connectivity index (χ0) is 19.0. The predicted octanol–water partition coefficient (Wildman–Crippen LogP) is 4.50. The number of fused-ring (bicyclic) bond motifs is 1. The van der Waals surface area contributed by atoms with Gasteiger partial charge in [-0.2, -0.15) is 13.2 Å². The summed E-state index contributed by atoms with van der Waals surface area (Å²) in [5.74, 6) is 0.353. The molecule has 0 saturated heterocycles. The van der Waals surface area contributed by atoms with Crippen LogP contribution in [0.1, 0.15) is 44.2 Å². The molecule has 1 heterocycles. The summed E-state index contributed by atoms with van der Waals surface area (Å²) in [6, 6.07) is 8.23. The Morgan fingerprint density at radius 3 is 2.33 bits per heavy atom. The van der Waals surface area contributed by atoms with Crippen LogP contribution in [-0.2, 0) is 11.0 Å². The maximum atomic E-state index is 13.2. The number of aromatic nitrogens is 1. The van der Waals surface area contributed by atoms with Crippen LogP contribution in [0.4, 0.5) is 18.9 Å². The van der Waals surface area contributed by atoms with E-state index >= 15 is 0 Å². The summed E-state index contributed by atoms with van der Waals surface area (Å²) in [5, 5.41) is 7.08. The zero-order valence-corrected chi connectivity index (χ0v) is 14.9. The van der Waals surface area contributed by atoms with Gasteiger partial charge in [0.05, 0.1) is 5.52 Å². The minimum Gasteiger partial charge on any atom is -0.382 e. The van der Waals surface area contributed by atoms with Crippen molar-refractivity contribution in [3.63, 3.8) is 0 Å². The average Bonchev–Trinajstić information content (AvgIpc) is 3.48. The molecule has 0 atom stereocenters. The predicted molar refractivity (Wildman–Crippen MR) is 97.3 cm³/mol. The molecule has 1 amide bonds. The van der Waals surface area contributed by atoms with Crippen molar-refractivity contribution in [2.75, 3.05) is 5.32 Å². The number of carbonyl (C=O) groups is 1. The maximum absolute atomic E-state index is 13.2. The van der Waals surface area contributed by atoms with E-state index in [9.17, 15) is 18.0 Å². The summed E-state index contributed by atoms with van der Waals surface area (Å²) < 4.78 is 39.6. The number of halogens is 3. The van der Waals surface area contributed by atoms with Crippen molar-refractivity contribution in [3.8, 4) is 0 Å². The van der Waals surface area contributed by atoms with E-state index < -0.39 is 11.9 Å². The Hall–Kier alpha value is -2.31. The van der Waals surface area contributed by atoms with Gasteiger partial charge in [-0.1, -0.05) is 18.2 Å². The molecule has 2 saturated carbocycles. The lowest BCUT2D eigenvalue weighted by molar-refractivity contribution is -0.140. The van der Waals surface area contributed by atoms with Crippen molar-refractivity contribution in [2.45, 2.75) is 56.8 Å². The topological polar surface area (TPSA) is 54.0 Å². The molecule has 1 aromatic heterocycles. The van der Waals surface area contributed by atoms with Gasteiger partial charge in [-0.3, -0.25) is 4.79 Å². The maximum Gasteiger partial charge on any atom is 0.433 e. The van der Waals surface area contributed by atoms with Gasteiger partial charge < -0.3 is 10.6 Å². The lowest BCUT2D eigenvalue weighted by Gasteiger charge is -2.30. The normalized spacial score (nSPS) is 23.2. The van der Waals surface area contributed by atoms with Crippen LogP contribution in [-0.4, -0.2) is 23.0 Å². The van der Waals surface area contributed by atoms with Gasteiger partial charge in [0, 0.05) is 29.1 Å². The van der Waals surface area contributed by atoms with Crippen molar-refractivity contribution >= 4 is 22.5 Å². The number of hydrogen-bond donors (Lipinski definition) is 2. The molecule has 2 aliphatic carbocycles. The SMILES string of the molecule is O=C(NC1CCC(Nc2cc(C(F)(F)F)nc3ccccc23)CC1)C1CC1. The van der Waals surface area contributed by atoms with Gasteiger partial charge in [0.1, 0.15) is 5.69 Å². The smallest absolute Gasteiger partial charge is 0.382 e. The van der Waals surface area contributed by atoms with Gasteiger partial charge in [-0.05, 0) is 50.7 Å². The summed E-state index contributed by atoms with van der Waals surface area (Å²) in [4.78, 5) is 15.6. The molecule has 2 aliphatic rings. The van der Waals surface area contributed by atoms with Crippen molar-refractivity contribution in [3.05, 3.63) is 36.0 Å². The number of pyridine rings is 1. The monoisotopic (exact) mass is 377 g/mol. The summed E-state index contributed by atoms with van der Waals surface area (Å²) in [5.41, 5.74) is -0.0762. The minimum atomic E-state index is -4.48. The molecule has 1 aromatic carbocycles. The average molecular weight is 377 g/mol. The number of hydrogen-bond acceptors (Lipinski definition) is 3. The Morgan fingerprint density at radius 1 is 1.00 bits per heavy atom. The molecule has 7 heteroatoms. The first-order valence-electron chi connectivity index (χ1n) is 9.44. The Balaban J connectivity index is 1.46. The molecule has 2 N–H and O–H groups in total. The number of benzene rings is 1. The Morgan fingerprint density at radius 2 is 1.67 bits per heavy atom. The fourth-order valence-electron chi connectivity index (χ4n) is 3.71. The number of nitrogens with zero attached hydrogens (tertiary/aromatic N) is 1. The number of anilines is 1. The minimum absolute atomic E-state index is 0.0889. The second-order valence-electron chi connectivity index (χ2n) is 7.55. The number of amides is 1. The molecule has 0 aliphatic heterocycles. The third-order valence-corrected chi connectivity index (χ3v) is 5.39. The highest BCUT2D eigenvalue weighted by Crippen LogP contribution is 2.34. The summed E-state index contributed by atoms with van der Waals surface area (Å²) in [6.45, 7) is 0. The zero-order valence-electron chi connectivity index (χ0n) is 14.9. The van der Waals surface area contributed by atoms with Crippen LogP contribution < -0.4 is 10.6 Å². The van der Waals surface area contributed by atoms with Crippen molar-refractivity contribution in [1.29, 1.82) is 0 Å². The van der Waals surface area contributed by atoms with E-state index in [-0.39, 0.29) is 23.9 Å². The van der Waals surface area contributed by atoms with E-state index in [1.165, 1.54) is 0 Å². The quantitative estimate of drug-likeness (QED) is 0.825. The van der Waals surface area contributed by atoms with Gasteiger partial charge in [-0.25, -0.2) is 4.98 Å². The van der Waals surface area contributed by atoms with Gasteiger partial charge in [-0.15, -0.1) is 0 Å². The number of rotatable bonds is 4. The number of carbonyl (C=O) groups excluding carboxylic acids is 1. The van der Waals surface area contributed by atoms with E-state index in [0.717, 1.165) is 44.6 Å². The highest BCUT2D eigenvalue weighted by atomic mass is 19.4. The molecular formula is C20H22F3N3O. The second kappa shape index (κ2) is 7.02. The third-order valence-electron chi connectivity index (χ3n) is 5.39. The van der Waals surface area contributed by atoms with Crippen molar-refractivity contribution in [2.24, 2.45) is 5.92 Å². The van der Waals surface area contributed by atoms with E-state index in [2.05, 4.69) is 15.6 Å². The lowest BCUT2D eigenvalue weighted by atomic mass is 9.90. The first-order valence-corrected chi connectivity index (χ1v) is 9.44. The highest BCUT2D eigenvalue weighted by molar-refractivity contribution is 5.91. The van der Waals surface area contributed by atoms with E-state index in [4.69, 9.17) is 0 Å². The van der Waals surface area contributed by atoms with Crippen LogP contribution in [0.3, 0.4) is 0 Å². The number of para-hydroxylation sites is 1. The molecule has 0 bridgehead atoms. The van der Waals surface area contributed by atoms with Gasteiger partial charge in [0.15, 0.2) is 0 Å². The van der Waals surface area contributed by atoms with Gasteiger partial charge in [0.2, 0.25) is 5.91 Å². The van der Waals surface area contributed by atoms with E-state index in [1.54, 1.807) is 24.3 Å². The molecule has 2 aromatic rings. The summed E-state index contributed by atoms with van der Waals surface area (Å²) in [7, 11) is 0. The summed E-state index contributed by atoms with van der Waals surface area (Å²) >= 11 is 0. The fraction of sp³-hybridized carbons (Fsp3) is 0.500. The highest BCUT2D eigenvalue weighted by Gasteiger charge is 2.34. The van der Waals surface area contributed by atoms with Crippen LogP contribution in [0, 0.1) is 5.92 Å². The molecule has 0 radical (unpaired) electrons. The Bertz CT molecular complexity index is 840. The van der Waals surface area contributed by atoms with Crippen LogP contribution in [0.2, 0.25) is 0 Å². The largest absolute Gasteiger partial charge is 0.433 e. The lowest BCUT2D eigenvalue weighted by Crippen LogP contribution is -2.40. The van der Waals surface area contributed by atoms with Crippen LogP contribution in [0.15, 0.2) is 30.3 Å². The van der Waals surface area contributed by atoms with Gasteiger partial charge in [0.25, 0.3) is 0 Å².